The second-order valence-corrected chi connectivity index (χ2v) is 6.65. The molecule has 0 amide bonds. The molecule has 0 atom stereocenters. The maximum absolute atomic E-state index is 13.3. The van der Waals surface area contributed by atoms with Crippen LogP contribution in [0.15, 0.2) is 53.5 Å². The highest BCUT2D eigenvalue weighted by atomic mass is 19.4. The smallest absolute Gasteiger partial charge is 0.416 e. The van der Waals surface area contributed by atoms with Crippen LogP contribution in [0.5, 0.6) is 11.5 Å². The van der Waals surface area contributed by atoms with Crippen LogP contribution in [0.25, 0.3) is 22.2 Å². The van der Waals surface area contributed by atoms with Gasteiger partial charge in [0.05, 0.1) is 12.7 Å². The van der Waals surface area contributed by atoms with Crippen molar-refractivity contribution in [2.24, 2.45) is 0 Å². The third-order valence-corrected chi connectivity index (χ3v) is 4.68. The number of benzene rings is 2. The summed E-state index contributed by atoms with van der Waals surface area (Å²) in [4.78, 5) is 14.5. The van der Waals surface area contributed by atoms with Crippen molar-refractivity contribution < 1.29 is 27.0 Å². The molecule has 0 aliphatic rings. The van der Waals surface area contributed by atoms with E-state index in [4.69, 9.17) is 9.47 Å². The van der Waals surface area contributed by atoms with Crippen LogP contribution in [0.3, 0.4) is 0 Å². The molecule has 0 aliphatic carbocycles. The number of rotatable bonds is 5. The van der Waals surface area contributed by atoms with Gasteiger partial charge in [-0.25, -0.2) is 4.39 Å². The van der Waals surface area contributed by atoms with Crippen molar-refractivity contribution in [3.8, 4) is 22.6 Å². The first-order valence-corrected chi connectivity index (χ1v) is 9.00. The molecule has 0 unspecified atom stereocenters. The maximum atomic E-state index is 13.3. The van der Waals surface area contributed by atoms with Gasteiger partial charge in [-0.15, -0.1) is 0 Å². The number of halogens is 4. The minimum absolute atomic E-state index is 0.192. The van der Waals surface area contributed by atoms with Crippen LogP contribution in [0.4, 0.5) is 17.6 Å². The standard InChI is InChI=1S/C21H15F4N3O3/c1-30-18-6-11(14-8-19(29)27-20-15(14)9-26-28-20)3-5-17(18)31-10-12-2-4-13(22)7-16(12)21(23,24)25/h2-9H,10H2,1H3,(H2,26,27,28,29). The van der Waals surface area contributed by atoms with Gasteiger partial charge in [0.2, 0.25) is 5.56 Å². The summed E-state index contributed by atoms with van der Waals surface area (Å²) in [7, 11) is 1.39. The summed E-state index contributed by atoms with van der Waals surface area (Å²) in [5, 5.41) is 7.33. The molecule has 2 aromatic heterocycles. The van der Waals surface area contributed by atoms with E-state index >= 15 is 0 Å². The van der Waals surface area contributed by atoms with Gasteiger partial charge in [-0.2, -0.15) is 18.3 Å². The highest BCUT2D eigenvalue weighted by molar-refractivity contribution is 5.92. The molecule has 160 valence electrons. The number of aromatic amines is 2. The normalized spacial score (nSPS) is 11.6. The third-order valence-electron chi connectivity index (χ3n) is 4.68. The van der Waals surface area contributed by atoms with Gasteiger partial charge in [0.1, 0.15) is 12.4 Å². The maximum Gasteiger partial charge on any atom is 0.416 e. The van der Waals surface area contributed by atoms with Crippen LogP contribution in [0.2, 0.25) is 0 Å². The average molecular weight is 433 g/mol. The van der Waals surface area contributed by atoms with E-state index in [1.165, 1.54) is 19.2 Å². The molecular weight excluding hydrogens is 418 g/mol. The predicted molar refractivity (Wildman–Crippen MR) is 104 cm³/mol. The number of aromatic nitrogens is 3. The molecule has 2 aromatic carbocycles. The lowest BCUT2D eigenvalue weighted by Crippen LogP contribution is -2.11. The molecule has 0 spiro atoms. The third kappa shape index (κ3) is 4.09. The van der Waals surface area contributed by atoms with Gasteiger partial charge < -0.3 is 14.5 Å². The highest BCUT2D eigenvalue weighted by Gasteiger charge is 2.34. The molecule has 0 saturated heterocycles. The van der Waals surface area contributed by atoms with Crippen molar-refractivity contribution in [1.29, 1.82) is 0 Å². The van der Waals surface area contributed by atoms with Crippen LogP contribution in [0.1, 0.15) is 11.1 Å². The Morgan fingerprint density at radius 1 is 1.06 bits per heavy atom. The lowest BCUT2D eigenvalue weighted by atomic mass is 10.0. The lowest BCUT2D eigenvalue weighted by molar-refractivity contribution is -0.138. The van der Waals surface area contributed by atoms with Crippen molar-refractivity contribution in [2.45, 2.75) is 12.8 Å². The molecule has 0 radical (unpaired) electrons. The van der Waals surface area contributed by atoms with E-state index < -0.39 is 24.2 Å². The minimum Gasteiger partial charge on any atom is -0.493 e. The Bertz CT molecular complexity index is 1310. The first kappa shape index (κ1) is 20.5. The van der Waals surface area contributed by atoms with Gasteiger partial charge in [-0.1, -0.05) is 12.1 Å². The van der Waals surface area contributed by atoms with E-state index in [-0.39, 0.29) is 22.6 Å². The number of methoxy groups -OCH3 is 1. The fraction of sp³-hybridized carbons (Fsp3) is 0.143. The summed E-state index contributed by atoms with van der Waals surface area (Å²) in [5.41, 5.74) is -0.0546. The first-order chi connectivity index (χ1) is 14.8. The second kappa shape index (κ2) is 7.78. The summed E-state index contributed by atoms with van der Waals surface area (Å²) in [5.74, 6) is -0.538. The Labute approximate surface area is 172 Å². The number of nitrogens with one attached hydrogen (secondary N) is 2. The second-order valence-electron chi connectivity index (χ2n) is 6.65. The summed E-state index contributed by atoms with van der Waals surface area (Å²) in [6.07, 6.45) is -3.09. The van der Waals surface area contributed by atoms with Crippen molar-refractivity contribution in [1.82, 2.24) is 15.2 Å². The predicted octanol–water partition coefficient (Wildman–Crippen LogP) is 4.66. The first-order valence-electron chi connectivity index (χ1n) is 9.00. The van der Waals surface area contributed by atoms with E-state index in [9.17, 15) is 22.4 Å². The largest absolute Gasteiger partial charge is 0.493 e. The topological polar surface area (TPSA) is 80.0 Å². The molecule has 4 aromatic rings. The van der Waals surface area contributed by atoms with Crippen molar-refractivity contribution in [3.05, 3.63) is 76.0 Å². The van der Waals surface area contributed by atoms with Gasteiger partial charge in [-0.3, -0.25) is 9.89 Å². The zero-order chi connectivity index (χ0) is 22.2. The molecule has 31 heavy (non-hydrogen) atoms. The fourth-order valence-electron chi connectivity index (χ4n) is 3.24. The van der Waals surface area contributed by atoms with Gasteiger partial charge in [0, 0.05) is 23.2 Å². The monoisotopic (exact) mass is 433 g/mol. The number of hydrogen-bond donors (Lipinski definition) is 2. The van der Waals surface area contributed by atoms with E-state index in [0.717, 1.165) is 12.1 Å². The Hall–Kier alpha value is -3.82. The SMILES string of the molecule is COc1cc(-c2cc(=O)[nH]c3n[nH]cc23)ccc1OCc1ccc(F)cc1C(F)(F)F. The summed E-state index contributed by atoms with van der Waals surface area (Å²) in [6.45, 7) is -0.443. The zero-order valence-corrected chi connectivity index (χ0v) is 16.0. The number of nitrogens with zero attached hydrogens (tertiary/aromatic N) is 1. The molecule has 2 N–H and O–H groups in total. The fourth-order valence-corrected chi connectivity index (χ4v) is 3.24. The van der Waals surface area contributed by atoms with Gasteiger partial charge in [-0.05, 0) is 35.4 Å². The number of ether oxygens (including phenoxy) is 2. The quantitative estimate of drug-likeness (QED) is 0.449. The minimum atomic E-state index is -4.72. The molecule has 0 aliphatic heterocycles. The molecule has 0 fully saturated rings. The van der Waals surface area contributed by atoms with Crippen LogP contribution in [0, 0.1) is 5.82 Å². The van der Waals surface area contributed by atoms with Crippen molar-refractivity contribution in [3.63, 3.8) is 0 Å². The van der Waals surface area contributed by atoms with Crippen LogP contribution in [-0.2, 0) is 12.8 Å². The van der Waals surface area contributed by atoms with E-state index in [1.54, 1.807) is 18.3 Å². The molecule has 6 nitrogen and oxygen atoms in total. The Kier molecular flexibility index (Phi) is 5.14. The molecule has 4 rings (SSSR count). The number of alkyl halides is 3. The van der Waals surface area contributed by atoms with Crippen LogP contribution < -0.4 is 15.0 Å². The Morgan fingerprint density at radius 3 is 2.61 bits per heavy atom. The van der Waals surface area contributed by atoms with Crippen LogP contribution >= 0.6 is 0 Å². The van der Waals surface area contributed by atoms with Crippen LogP contribution in [-0.4, -0.2) is 22.3 Å². The van der Waals surface area contributed by atoms with E-state index in [2.05, 4.69) is 15.2 Å². The number of pyridine rings is 1. The molecule has 0 bridgehead atoms. The van der Waals surface area contributed by atoms with Gasteiger partial charge in [0.25, 0.3) is 0 Å². The molecule has 10 heteroatoms. The highest BCUT2D eigenvalue weighted by Crippen LogP contribution is 2.36. The molecule has 2 heterocycles. The Balaban J connectivity index is 1.66. The number of H-pyrrole nitrogens is 2. The van der Waals surface area contributed by atoms with E-state index in [1.807, 2.05) is 0 Å². The van der Waals surface area contributed by atoms with Crippen molar-refractivity contribution in [2.75, 3.05) is 7.11 Å². The Morgan fingerprint density at radius 2 is 1.87 bits per heavy atom. The van der Waals surface area contributed by atoms with Gasteiger partial charge >= 0.3 is 6.18 Å². The summed E-state index contributed by atoms with van der Waals surface area (Å²) >= 11 is 0. The summed E-state index contributed by atoms with van der Waals surface area (Å²) < 4.78 is 63.7. The van der Waals surface area contributed by atoms with E-state index in [0.29, 0.717) is 28.2 Å². The number of fused-ring (bicyclic) bond motifs is 1. The number of hydrogen-bond acceptors (Lipinski definition) is 4. The van der Waals surface area contributed by atoms with Gasteiger partial charge in [0.15, 0.2) is 17.1 Å². The van der Waals surface area contributed by atoms with Crippen molar-refractivity contribution >= 4 is 11.0 Å². The average Bonchev–Trinajstić information content (AvgIpc) is 3.19. The molecular formula is C21H15F4N3O3. The lowest BCUT2D eigenvalue weighted by Gasteiger charge is -2.16. The summed E-state index contributed by atoms with van der Waals surface area (Å²) in [6, 6.07) is 8.59. The molecule has 0 saturated carbocycles. The zero-order valence-electron chi connectivity index (χ0n) is 16.0.